The molecule has 7 heteroatoms. The predicted molar refractivity (Wildman–Crippen MR) is 45.6 cm³/mol. The SMILES string of the molecule is COC(=O)c1nc(O)c(Br)c(=O)[nH]1. The molecular weight excluding hydrogens is 244 g/mol. The van der Waals surface area contributed by atoms with Gasteiger partial charge in [-0.1, -0.05) is 0 Å². The van der Waals surface area contributed by atoms with Crippen molar-refractivity contribution in [3.8, 4) is 5.88 Å². The number of ether oxygens (including phenoxy) is 1. The minimum absolute atomic E-state index is 0.125. The molecule has 1 aromatic heterocycles. The van der Waals surface area contributed by atoms with E-state index in [-0.39, 0.29) is 10.3 Å². The van der Waals surface area contributed by atoms with Crippen LogP contribution < -0.4 is 5.56 Å². The molecular formula is C6H5BrN2O4. The number of hydrogen-bond acceptors (Lipinski definition) is 5. The first kappa shape index (κ1) is 9.72. The van der Waals surface area contributed by atoms with Crippen molar-refractivity contribution in [3.05, 3.63) is 20.7 Å². The molecule has 70 valence electrons. The van der Waals surface area contributed by atoms with Gasteiger partial charge in [0.05, 0.1) is 7.11 Å². The molecule has 0 amide bonds. The zero-order chi connectivity index (χ0) is 10.0. The third-order valence-electron chi connectivity index (χ3n) is 1.22. The van der Waals surface area contributed by atoms with E-state index in [1.807, 2.05) is 0 Å². The van der Waals surface area contributed by atoms with Crippen LogP contribution in [0.15, 0.2) is 9.27 Å². The van der Waals surface area contributed by atoms with E-state index in [4.69, 9.17) is 5.11 Å². The van der Waals surface area contributed by atoms with Crippen molar-refractivity contribution in [3.63, 3.8) is 0 Å². The molecule has 0 fully saturated rings. The zero-order valence-electron chi connectivity index (χ0n) is 6.50. The number of hydrogen-bond donors (Lipinski definition) is 2. The Labute approximate surface area is 80.7 Å². The Morgan fingerprint density at radius 3 is 2.77 bits per heavy atom. The Kier molecular flexibility index (Phi) is 2.66. The fourth-order valence-electron chi connectivity index (χ4n) is 0.640. The van der Waals surface area contributed by atoms with E-state index in [2.05, 4.69) is 30.6 Å². The first-order chi connectivity index (χ1) is 6.06. The second-order valence-electron chi connectivity index (χ2n) is 2.04. The molecule has 0 radical (unpaired) electrons. The summed E-state index contributed by atoms with van der Waals surface area (Å²) < 4.78 is 4.16. The average molecular weight is 249 g/mol. The molecule has 1 rings (SSSR count). The van der Waals surface area contributed by atoms with E-state index in [9.17, 15) is 9.59 Å². The summed E-state index contributed by atoms with van der Waals surface area (Å²) in [4.78, 5) is 27.3. The molecule has 2 N–H and O–H groups in total. The summed E-state index contributed by atoms with van der Waals surface area (Å²) in [5, 5.41) is 9.04. The molecule has 0 atom stereocenters. The number of aromatic amines is 1. The Bertz CT molecular complexity index is 400. The standard InChI is InChI=1S/C6H5BrN2O4/c1-13-6(12)3-8-4(10)2(7)5(11)9-3/h1H3,(H2,8,9,10,11). The van der Waals surface area contributed by atoms with Gasteiger partial charge in [-0.25, -0.2) is 4.79 Å². The van der Waals surface area contributed by atoms with Gasteiger partial charge in [-0.05, 0) is 15.9 Å². The van der Waals surface area contributed by atoms with Crippen molar-refractivity contribution in [2.24, 2.45) is 0 Å². The van der Waals surface area contributed by atoms with Gasteiger partial charge in [0.25, 0.3) is 5.56 Å². The minimum atomic E-state index is -0.820. The lowest BCUT2D eigenvalue weighted by molar-refractivity contribution is 0.0585. The topological polar surface area (TPSA) is 92.3 Å². The van der Waals surface area contributed by atoms with E-state index in [0.717, 1.165) is 7.11 Å². The molecule has 0 unspecified atom stereocenters. The lowest BCUT2D eigenvalue weighted by atomic mass is 10.5. The predicted octanol–water partition coefficient (Wildman–Crippen LogP) is 0.0246. The first-order valence-corrected chi connectivity index (χ1v) is 3.92. The third kappa shape index (κ3) is 1.86. The van der Waals surface area contributed by atoms with Gasteiger partial charge in [0.15, 0.2) is 0 Å². The lowest BCUT2D eigenvalue weighted by Crippen LogP contribution is -2.16. The Morgan fingerprint density at radius 2 is 2.31 bits per heavy atom. The molecule has 0 aromatic carbocycles. The number of carbonyl (C=O) groups is 1. The maximum Gasteiger partial charge on any atom is 0.374 e. The number of carbonyl (C=O) groups excluding carboxylic acids is 1. The summed E-state index contributed by atoms with van der Waals surface area (Å²) in [5.41, 5.74) is -0.645. The maximum absolute atomic E-state index is 11.0. The first-order valence-electron chi connectivity index (χ1n) is 3.13. The number of halogens is 1. The van der Waals surface area contributed by atoms with Gasteiger partial charge >= 0.3 is 5.97 Å². The smallest absolute Gasteiger partial charge is 0.374 e. The Morgan fingerprint density at radius 1 is 1.69 bits per heavy atom. The largest absolute Gasteiger partial charge is 0.492 e. The van der Waals surface area contributed by atoms with Crippen LogP contribution in [0, 0.1) is 0 Å². The van der Waals surface area contributed by atoms with Gasteiger partial charge in [-0.15, -0.1) is 0 Å². The van der Waals surface area contributed by atoms with Gasteiger partial charge in [0.1, 0.15) is 4.47 Å². The number of H-pyrrole nitrogens is 1. The van der Waals surface area contributed by atoms with Crippen molar-refractivity contribution >= 4 is 21.9 Å². The molecule has 0 aliphatic carbocycles. The average Bonchev–Trinajstić information content (AvgIpc) is 2.12. The number of nitrogens with one attached hydrogen (secondary N) is 1. The monoisotopic (exact) mass is 248 g/mol. The molecule has 6 nitrogen and oxygen atoms in total. The summed E-state index contributed by atoms with van der Waals surface area (Å²) in [7, 11) is 1.14. The minimum Gasteiger partial charge on any atom is -0.492 e. The zero-order valence-corrected chi connectivity index (χ0v) is 8.08. The van der Waals surface area contributed by atoms with Gasteiger partial charge in [0.2, 0.25) is 11.7 Å². The normalized spacial score (nSPS) is 9.69. The molecule has 13 heavy (non-hydrogen) atoms. The highest BCUT2D eigenvalue weighted by atomic mass is 79.9. The second-order valence-corrected chi connectivity index (χ2v) is 2.84. The van der Waals surface area contributed by atoms with Crippen LogP contribution in [0.3, 0.4) is 0 Å². The molecule has 0 bridgehead atoms. The lowest BCUT2D eigenvalue weighted by Gasteiger charge is -1.99. The van der Waals surface area contributed by atoms with Crippen molar-refractivity contribution in [2.45, 2.75) is 0 Å². The van der Waals surface area contributed by atoms with Gasteiger partial charge in [-0.3, -0.25) is 9.78 Å². The van der Waals surface area contributed by atoms with Crippen LogP contribution in [-0.4, -0.2) is 28.2 Å². The van der Waals surface area contributed by atoms with Crippen molar-refractivity contribution in [1.82, 2.24) is 9.97 Å². The highest BCUT2D eigenvalue weighted by molar-refractivity contribution is 9.10. The second kappa shape index (κ2) is 3.56. The van der Waals surface area contributed by atoms with Crippen LogP contribution in [0.4, 0.5) is 0 Å². The summed E-state index contributed by atoms with van der Waals surface area (Å²) in [6.45, 7) is 0. The van der Waals surface area contributed by atoms with E-state index in [1.165, 1.54) is 0 Å². The summed E-state index contributed by atoms with van der Waals surface area (Å²) in [5.74, 6) is -1.71. The van der Waals surface area contributed by atoms with Crippen LogP contribution in [0.1, 0.15) is 10.6 Å². The van der Waals surface area contributed by atoms with Gasteiger partial charge < -0.3 is 9.84 Å². The Balaban J connectivity index is 3.29. The van der Waals surface area contributed by atoms with Crippen LogP contribution in [0.2, 0.25) is 0 Å². The third-order valence-corrected chi connectivity index (χ3v) is 1.94. The highest BCUT2D eigenvalue weighted by Crippen LogP contribution is 2.14. The van der Waals surface area contributed by atoms with Crippen molar-refractivity contribution in [2.75, 3.05) is 7.11 Å². The van der Waals surface area contributed by atoms with Crippen LogP contribution in [-0.2, 0) is 4.74 Å². The van der Waals surface area contributed by atoms with E-state index in [1.54, 1.807) is 0 Å². The molecule has 0 aliphatic heterocycles. The van der Waals surface area contributed by atoms with E-state index < -0.39 is 17.4 Å². The molecule has 0 aliphatic rings. The van der Waals surface area contributed by atoms with E-state index >= 15 is 0 Å². The fraction of sp³-hybridized carbons (Fsp3) is 0.167. The molecule has 1 aromatic rings. The van der Waals surface area contributed by atoms with Gasteiger partial charge in [-0.2, -0.15) is 4.98 Å². The number of rotatable bonds is 1. The number of nitrogens with zero attached hydrogens (tertiary/aromatic N) is 1. The Hall–Kier alpha value is -1.37. The quantitative estimate of drug-likeness (QED) is 0.684. The van der Waals surface area contributed by atoms with Gasteiger partial charge in [0, 0.05) is 0 Å². The molecule has 0 saturated heterocycles. The molecule has 0 spiro atoms. The van der Waals surface area contributed by atoms with Crippen LogP contribution in [0.25, 0.3) is 0 Å². The number of esters is 1. The maximum atomic E-state index is 11.0. The number of aromatic hydroxyl groups is 1. The number of aromatic nitrogens is 2. The van der Waals surface area contributed by atoms with E-state index in [0.29, 0.717) is 0 Å². The molecule has 0 saturated carbocycles. The highest BCUT2D eigenvalue weighted by Gasteiger charge is 2.13. The van der Waals surface area contributed by atoms with Crippen molar-refractivity contribution < 1.29 is 14.6 Å². The molecule has 1 heterocycles. The summed E-state index contributed by atoms with van der Waals surface area (Å²) in [6, 6.07) is 0. The van der Waals surface area contributed by atoms with Crippen LogP contribution >= 0.6 is 15.9 Å². The van der Waals surface area contributed by atoms with Crippen molar-refractivity contribution in [1.29, 1.82) is 0 Å². The number of methoxy groups -OCH3 is 1. The summed E-state index contributed by atoms with van der Waals surface area (Å²) >= 11 is 2.78. The van der Waals surface area contributed by atoms with Crippen LogP contribution in [0.5, 0.6) is 5.88 Å². The fourth-order valence-corrected chi connectivity index (χ4v) is 0.828. The summed E-state index contributed by atoms with van der Waals surface area (Å²) in [6.07, 6.45) is 0.